The number of hydrogen-bond donors (Lipinski definition) is 0. The first kappa shape index (κ1) is 38.3. The monoisotopic (exact) mass is 872 g/mol. The Kier molecular flexibility index (Phi) is 8.15. The lowest BCUT2D eigenvalue weighted by Crippen LogP contribution is -2.36. The van der Waals surface area contributed by atoms with E-state index in [1.807, 2.05) is 11.3 Å². The van der Waals surface area contributed by atoms with E-state index in [4.69, 9.17) is 0 Å². The zero-order valence-electron chi connectivity index (χ0n) is 37.2. The number of anilines is 6. The number of para-hydroxylation sites is 3. The molecule has 0 fully saturated rings. The van der Waals surface area contributed by atoms with Crippen LogP contribution in [0.25, 0.3) is 53.6 Å². The van der Waals surface area contributed by atoms with Crippen LogP contribution in [0.5, 0.6) is 0 Å². The van der Waals surface area contributed by atoms with Crippen LogP contribution in [0.15, 0.2) is 231 Å². The van der Waals surface area contributed by atoms with E-state index in [1.54, 1.807) is 0 Å². The van der Waals surface area contributed by atoms with E-state index in [2.05, 4.69) is 254 Å². The van der Waals surface area contributed by atoms with Crippen molar-refractivity contribution in [2.45, 2.75) is 24.7 Å². The molecule has 1 aliphatic heterocycles. The molecule has 0 bridgehead atoms. The summed E-state index contributed by atoms with van der Waals surface area (Å²) in [5.74, 6) is 0. The highest BCUT2D eigenvalue weighted by molar-refractivity contribution is 7.25. The summed E-state index contributed by atoms with van der Waals surface area (Å²) in [6.45, 7) is 4.76. The molecule has 11 aromatic rings. The third-order valence-corrected chi connectivity index (χ3v) is 16.2. The summed E-state index contributed by atoms with van der Waals surface area (Å²) >= 11 is 1.87. The minimum Gasteiger partial charge on any atom is -0.310 e. The lowest BCUT2D eigenvalue weighted by molar-refractivity contribution is 0.660. The zero-order valence-corrected chi connectivity index (χ0v) is 38.1. The Balaban J connectivity index is 1.00. The second-order valence-electron chi connectivity index (χ2n) is 18.8. The van der Waals surface area contributed by atoms with Crippen molar-refractivity contribution in [1.82, 2.24) is 0 Å². The van der Waals surface area contributed by atoms with Crippen LogP contribution in [0.1, 0.15) is 47.2 Å². The number of thiophene rings is 1. The van der Waals surface area contributed by atoms with Crippen molar-refractivity contribution in [3.63, 3.8) is 0 Å². The molecule has 0 unspecified atom stereocenters. The summed E-state index contributed by atoms with van der Waals surface area (Å²) in [7, 11) is 0. The van der Waals surface area contributed by atoms with Gasteiger partial charge in [0.15, 0.2) is 0 Å². The van der Waals surface area contributed by atoms with E-state index < -0.39 is 5.41 Å². The molecule has 2 heterocycles. The van der Waals surface area contributed by atoms with Gasteiger partial charge in [0.2, 0.25) is 0 Å². The minimum absolute atomic E-state index is 0.155. The molecular weight excluding hydrogens is 829 g/mol. The van der Waals surface area contributed by atoms with Crippen molar-refractivity contribution in [2.24, 2.45) is 0 Å². The second kappa shape index (κ2) is 14.3. The Morgan fingerprint density at radius 3 is 1.75 bits per heavy atom. The molecule has 10 aromatic carbocycles. The van der Waals surface area contributed by atoms with Crippen molar-refractivity contribution >= 4 is 65.6 Å². The van der Waals surface area contributed by atoms with E-state index in [9.17, 15) is 0 Å². The summed E-state index contributed by atoms with van der Waals surface area (Å²) in [5, 5.41) is 2.64. The molecule has 0 saturated carbocycles. The first-order chi connectivity index (χ1) is 33.0. The first-order valence-electron chi connectivity index (χ1n) is 23.3. The van der Waals surface area contributed by atoms with E-state index in [0.717, 1.165) is 22.7 Å². The van der Waals surface area contributed by atoms with Gasteiger partial charge in [-0.25, -0.2) is 0 Å². The smallest absolute Gasteiger partial charge is 0.0755 e. The predicted octanol–water partition coefficient (Wildman–Crippen LogP) is 17.6. The summed E-state index contributed by atoms with van der Waals surface area (Å²) in [6.07, 6.45) is 0. The Morgan fingerprint density at radius 2 is 0.970 bits per heavy atom. The van der Waals surface area contributed by atoms with Crippen LogP contribution >= 0.6 is 11.3 Å². The van der Waals surface area contributed by atoms with E-state index in [0.29, 0.717) is 0 Å². The lowest BCUT2D eigenvalue weighted by Gasteiger charge is -2.45. The van der Waals surface area contributed by atoms with Gasteiger partial charge < -0.3 is 9.80 Å². The second-order valence-corrected chi connectivity index (χ2v) is 19.9. The largest absolute Gasteiger partial charge is 0.310 e. The van der Waals surface area contributed by atoms with Crippen LogP contribution in [0.4, 0.5) is 34.1 Å². The molecule has 14 rings (SSSR count). The van der Waals surface area contributed by atoms with Crippen LogP contribution in [-0.2, 0) is 10.8 Å². The SMILES string of the molecule is CC1(C)c2ccccc2-c2ccc(N(c3ccc(-c4ccc5sc6ccccc6c5c4)cc3)c3cccc4c3-c3ccccc3C43c4ccccc4N(c4ccccc4)c4ccccc43)cc21. The standard InChI is InChI=1S/C64H44N2S/c1-63(2)51-22-9-6-19-46(51)47-37-36-45(40-56(47)63)65(44-34-31-41(32-35-44)42-33-38-61-50(39-42)48-20-8-15-30-60(48)67-61)59-29-16-26-55-62(59)49-21-7-10-23-52(49)64(55)53-24-11-13-27-57(53)66(43-17-4-3-5-18-43)58-28-14-12-25-54(58)64/h3-40H,1-2H3. The van der Waals surface area contributed by atoms with Crippen LogP contribution in [0.2, 0.25) is 0 Å². The highest BCUT2D eigenvalue weighted by atomic mass is 32.1. The number of nitrogens with zero attached hydrogens (tertiary/aromatic N) is 2. The minimum atomic E-state index is -0.567. The van der Waals surface area contributed by atoms with E-state index in [1.165, 1.54) is 98.3 Å². The molecule has 67 heavy (non-hydrogen) atoms. The predicted molar refractivity (Wildman–Crippen MR) is 283 cm³/mol. The third-order valence-electron chi connectivity index (χ3n) is 15.1. The van der Waals surface area contributed by atoms with Crippen LogP contribution in [-0.4, -0.2) is 0 Å². The van der Waals surface area contributed by atoms with Crippen LogP contribution in [0.3, 0.4) is 0 Å². The van der Waals surface area contributed by atoms with Crippen LogP contribution in [0, 0.1) is 0 Å². The fourth-order valence-corrected chi connectivity index (χ4v) is 13.2. The van der Waals surface area contributed by atoms with Gasteiger partial charge in [0, 0.05) is 48.2 Å². The number of benzene rings is 10. The molecule has 0 amide bonds. The molecule has 2 aliphatic carbocycles. The summed E-state index contributed by atoms with van der Waals surface area (Å²) < 4.78 is 2.65. The Labute approximate surface area is 395 Å². The molecule has 0 N–H and O–H groups in total. The van der Waals surface area contributed by atoms with Crippen molar-refractivity contribution in [3.05, 3.63) is 264 Å². The first-order valence-corrected chi connectivity index (χ1v) is 24.2. The van der Waals surface area contributed by atoms with E-state index in [-0.39, 0.29) is 5.41 Å². The van der Waals surface area contributed by atoms with Crippen molar-refractivity contribution in [3.8, 4) is 33.4 Å². The maximum atomic E-state index is 2.53. The van der Waals surface area contributed by atoms with Gasteiger partial charge in [0.25, 0.3) is 0 Å². The van der Waals surface area contributed by atoms with E-state index >= 15 is 0 Å². The van der Waals surface area contributed by atoms with Crippen molar-refractivity contribution in [2.75, 3.05) is 9.80 Å². The summed E-state index contributed by atoms with van der Waals surface area (Å²) in [4.78, 5) is 4.99. The van der Waals surface area contributed by atoms with Crippen molar-refractivity contribution < 1.29 is 0 Å². The van der Waals surface area contributed by atoms with Crippen molar-refractivity contribution in [1.29, 1.82) is 0 Å². The highest BCUT2D eigenvalue weighted by Gasteiger charge is 2.52. The van der Waals surface area contributed by atoms with Gasteiger partial charge in [-0.05, 0) is 134 Å². The van der Waals surface area contributed by atoms with Gasteiger partial charge in [-0.3, -0.25) is 0 Å². The third kappa shape index (κ3) is 5.32. The maximum absolute atomic E-state index is 2.53. The Bertz CT molecular complexity index is 3760. The normalized spacial score (nSPS) is 14.3. The number of rotatable bonds is 5. The average molecular weight is 873 g/mol. The molecule has 1 aromatic heterocycles. The fraction of sp³-hybridized carbons (Fsp3) is 0.0625. The Morgan fingerprint density at radius 1 is 0.388 bits per heavy atom. The summed E-state index contributed by atoms with van der Waals surface area (Å²) in [5.41, 5.74) is 21.7. The topological polar surface area (TPSA) is 6.48 Å². The molecule has 2 nitrogen and oxygen atoms in total. The van der Waals surface area contributed by atoms with Gasteiger partial charge in [-0.15, -0.1) is 11.3 Å². The molecule has 0 saturated heterocycles. The maximum Gasteiger partial charge on any atom is 0.0755 e. The summed E-state index contributed by atoms with van der Waals surface area (Å²) in [6, 6.07) is 86.4. The van der Waals surface area contributed by atoms with Crippen LogP contribution < -0.4 is 9.80 Å². The fourth-order valence-electron chi connectivity index (χ4n) is 12.1. The number of fused-ring (bicyclic) bond motifs is 15. The van der Waals surface area contributed by atoms with Gasteiger partial charge in [0.05, 0.1) is 22.5 Å². The van der Waals surface area contributed by atoms with Gasteiger partial charge in [-0.1, -0.05) is 172 Å². The molecule has 0 radical (unpaired) electrons. The zero-order chi connectivity index (χ0) is 44.4. The molecule has 3 aliphatic rings. The van der Waals surface area contributed by atoms with Gasteiger partial charge >= 0.3 is 0 Å². The molecule has 0 atom stereocenters. The molecule has 1 spiro atoms. The molecule has 316 valence electrons. The molecular formula is C64H44N2S. The highest BCUT2D eigenvalue weighted by Crippen LogP contribution is 2.65. The Hall–Kier alpha value is -7.98. The average Bonchev–Trinajstić information content (AvgIpc) is 3.98. The van der Waals surface area contributed by atoms with Gasteiger partial charge in [0.1, 0.15) is 0 Å². The number of hydrogen-bond acceptors (Lipinski definition) is 3. The lowest BCUT2D eigenvalue weighted by atomic mass is 9.64. The molecule has 3 heteroatoms. The quantitative estimate of drug-likeness (QED) is 0.170. The van der Waals surface area contributed by atoms with Gasteiger partial charge in [-0.2, -0.15) is 0 Å².